The molecule has 0 aliphatic carbocycles. The van der Waals surface area contributed by atoms with Crippen LogP contribution in [0.1, 0.15) is 36.4 Å². The van der Waals surface area contributed by atoms with Gasteiger partial charge in [-0.3, -0.25) is 9.59 Å². The lowest BCUT2D eigenvalue weighted by molar-refractivity contribution is -0.136. The van der Waals surface area contributed by atoms with Gasteiger partial charge in [-0.1, -0.05) is 6.07 Å². The van der Waals surface area contributed by atoms with E-state index in [1.165, 1.54) is 11.3 Å². The second-order valence-electron chi connectivity index (χ2n) is 5.49. The number of carbonyl (C=O) groups is 2. The van der Waals surface area contributed by atoms with Crippen LogP contribution in [0.3, 0.4) is 0 Å². The topological polar surface area (TPSA) is 69.6 Å². The van der Waals surface area contributed by atoms with Gasteiger partial charge < -0.3 is 15.3 Å². The predicted molar refractivity (Wildman–Crippen MR) is 77.7 cm³/mol. The highest BCUT2D eigenvalue weighted by atomic mass is 32.1. The van der Waals surface area contributed by atoms with Crippen LogP contribution in [0.2, 0.25) is 0 Å². The zero-order chi connectivity index (χ0) is 14.8. The SMILES string of the molecule is CC(NC(=O)c1cccs1)C(=O)N1CCC(C)(O)CC1. The molecule has 2 amide bonds. The lowest BCUT2D eigenvalue weighted by Gasteiger charge is -2.36. The molecule has 0 bridgehead atoms. The number of nitrogens with one attached hydrogen (secondary N) is 1. The Bertz CT molecular complexity index is 475. The molecule has 20 heavy (non-hydrogen) atoms. The van der Waals surface area contributed by atoms with Crippen LogP contribution in [0.4, 0.5) is 0 Å². The molecule has 0 radical (unpaired) electrons. The number of thiophene rings is 1. The van der Waals surface area contributed by atoms with Gasteiger partial charge in [0.1, 0.15) is 6.04 Å². The van der Waals surface area contributed by atoms with Crippen molar-refractivity contribution in [1.29, 1.82) is 0 Å². The first-order valence-electron chi connectivity index (χ1n) is 6.74. The number of piperidine rings is 1. The van der Waals surface area contributed by atoms with Gasteiger partial charge in [-0.2, -0.15) is 0 Å². The summed E-state index contributed by atoms with van der Waals surface area (Å²) in [6.45, 7) is 4.55. The van der Waals surface area contributed by atoms with E-state index in [9.17, 15) is 14.7 Å². The summed E-state index contributed by atoms with van der Waals surface area (Å²) in [5.41, 5.74) is -0.680. The second kappa shape index (κ2) is 5.93. The number of hydrogen-bond acceptors (Lipinski definition) is 4. The number of rotatable bonds is 3. The Balaban J connectivity index is 1.88. The minimum atomic E-state index is -0.680. The minimum absolute atomic E-state index is 0.0922. The summed E-state index contributed by atoms with van der Waals surface area (Å²) in [6, 6.07) is 2.99. The Kier molecular flexibility index (Phi) is 4.45. The minimum Gasteiger partial charge on any atom is -0.390 e. The van der Waals surface area contributed by atoms with E-state index in [1.54, 1.807) is 30.9 Å². The van der Waals surface area contributed by atoms with Crippen molar-refractivity contribution in [1.82, 2.24) is 10.2 Å². The fraction of sp³-hybridized carbons (Fsp3) is 0.571. The van der Waals surface area contributed by atoms with Crippen LogP contribution in [0.5, 0.6) is 0 Å². The Morgan fingerprint density at radius 2 is 2.10 bits per heavy atom. The summed E-state index contributed by atoms with van der Waals surface area (Å²) in [5.74, 6) is -0.310. The fourth-order valence-electron chi connectivity index (χ4n) is 2.22. The van der Waals surface area contributed by atoms with E-state index < -0.39 is 11.6 Å². The first kappa shape index (κ1) is 15.0. The summed E-state index contributed by atoms with van der Waals surface area (Å²) in [7, 11) is 0. The molecule has 1 unspecified atom stereocenters. The average Bonchev–Trinajstić information content (AvgIpc) is 2.91. The highest BCUT2D eigenvalue weighted by Crippen LogP contribution is 2.21. The molecule has 1 saturated heterocycles. The largest absolute Gasteiger partial charge is 0.390 e. The fourth-order valence-corrected chi connectivity index (χ4v) is 2.85. The summed E-state index contributed by atoms with van der Waals surface area (Å²) in [5, 5.41) is 14.4. The van der Waals surface area contributed by atoms with Crippen LogP contribution in [-0.2, 0) is 4.79 Å². The van der Waals surface area contributed by atoms with E-state index in [4.69, 9.17) is 0 Å². The number of amides is 2. The number of aliphatic hydroxyl groups is 1. The third-order valence-corrected chi connectivity index (χ3v) is 4.48. The van der Waals surface area contributed by atoms with Crippen molar-refractivity contribution in [2.24, 2.45) is 0 Å². The normalized spacial score (nSPS) is 19.4. The Hall–Kier alpha value is -1.40. The van der Waals surface area contributed by atoms with Crippen LogP contribution in [0.15, 0.2) is 17.5 Å². The van der Waals surface area contributed by atoms with Crippen molar-refractivity contribution < 1.29 is 14.7 Å². The molecule has 6 heteroatoms. The summed E-state index contributed by atoms with van der Waals surface area (Å²) in [6.07, 6.45) is 1.15. The molecule has 1 aliphatic rings. The highest BCUT2D eigenvalue weighted by Gasteiger charge is 2.31. The van der Waals surface area contributed by atoms with Crippen LogP contribution in [0, 0.1) is 0 Å². The third kappa shape index (κ3) is 3.58. The average molecular weight is 296 g/mol. The molecular formula is C14H20N2O3S. The lowest BCUT2D eigenvalue weighted by Crippen LogP contribution is -2.51. The Morgan fingerprint density at radius 3 is 2.65 bits per heavy atom. The van der Waals surface area contributed by atoms with Crippen molar-refractivity contribution in [3.63, 3.8) is 0 Å². The molecule has 1 aromatic rings. The molecule has 5 nitrogen and oxygen atoms in total. The summed E-state index contributed by atoms with van der Waals surface area (Å²) >= 11 is 1.35. The smallest absolute Gasteiger partial charge is 0.261 e. The van der Waals surface area contributed by atoms with Gasteiger partial charge >= 0.3 is 0 Å². The molecular weight excluding hydrogens is 276 g/mol. The second-order valence-corrected chi connectivity index (χ2v) is 6.44. The first-order chi connectivity index (χ1) is 9.39. The van der Waals surface area contributed by atoms with Gasteiger partial charge in [0.05, 0.1) is 10.5 Å². The molecule has 2 N–H and O–H groups in total. The molecule has 1 aromatic heterocycles. The maximum Gasteiger partial charge on any atom is 0.261 e. The number of likely N-dealkylation sites (tertiary alicyclic amines) is 1. The summed E-state index contributed by atoms with van der Waals surface area (Å²) < 4.78 is 0. The van der Waals surface area contributed by atoms with E-state index >= 15 is 0 Å². The van der Waals surface area contributed by atoms with Crippen LogP contribution in [0.25, 0.3) is 0 Å². The molecule has 1 fully saturated rings. The van der Waals surface area contributed by atoms with Gasteiger partial charge in [-0.05, 0) is 38.1 Å². The maximum absolute atomic E-state index is 12.2. The molecule has 2 heterocycles. The van der Waals surface area contributed by atoms with Crippen molar-refractivity contribution >= 4 is 23.2 Å². The number of carbonyl (C=O) groups excluding carboxylic acids is 2. The standard InChI is InChI=1S/C14H20N2O3S/c1-10(15-12(17)11-4-3-9-20-11)13(18)16-7-5-14(2,19)6-8-16/h3-4,9-10,19H,5-8H2,1-2H3,(H,15,17). The van der Waals surface area contributed by atoms with Gasteiger partial charge in [-0.15, -0.1) is 11.3 Å². The van der Waals surface area contributed by atoms with Gasteiger partial charge in [0.25, 0.3) is 5.91 Å². The predicted octanol–water partition coefficient (Wildman–Crippen LogP) is 1.24. The van der Waals surface area contributed by atoms with Crippen molar-refractivity contribution in [3.8, 4) is 0 Å². The van der Waals surface area contributed by atoms with E-state index in [2.05, 4.69) is 5.32 Å². The first-order valence-corrected chi connectivity index (χ1v) is 7.62. The molecule has 110 valence electrons. The molecule has 0 saturated carbocycles. The maximum atomic E-state index is 12.2. The van der Waals surface area contributed by atoms with Crippen LogP contribution < -0.4 is 5.32 Å². The van der Waals surface area contributed by atoms with Gasteiger partial charge in [0.2, 0.25) is 5.91 Å². The van der Waals surface area contributed by atoms with E-state index in [1.807, 2.05) is 5.38 Å². The highest BCUT2D eigenvalue weighted by molar-refractivity contribution is 7.12. The van der Waals surface area contributed by atoms with E-state index in [-0.39, 0.29) is 11.8 Å². The number of nitrogens with zero attached hydrogens (tertiary/aromatic N) is 1. The van der Waals surface area contributed by atoms with Crippen LogP contribution >= 0.6 is 11.3 Å². The zero-order valence-electron chi connectivity index (χ0n) is 11.8. The zero-order valence-corrected chi connectivity index (χ0v) is 12.6. The number of hydrogen-bond donors (Lipinski definition) is 2. The quantitative estimate of drug-likeness (QED) is 0.881. The Morgan fingerprint density at radius 1 is 1.45 bits per heavy atom. The molecule has 1 aliphatic heterocycles. The van der Waals surface area contributed by atoms with Gasteiger partial charge in [0, 0.05) is 13.1 Å². The lowest BCUT2D eigenvalue weighted by atomic mass is 9.93. The van der Waals surface area contributed by atoms with E-state index in [0.717, 1.165) is 0 Å². The van der Waals surface area contributed by atoms with Gasteiger partial charge in [-0.25, -0.2) is 0 Å². The van der Waals surface area contributed by atoms with E-state index in [0.29, 0.717) is 30.8 Å². The Labute approximate surface area is 122 Å². The van der Waals surface area contributed by atoms with Crippen molar-refractivity contribution in [2.75, 3.05) is 13.1 Å². The van der Waals surface area contributed by atoms with Gasteiger partial charge in [0.15, 0.2) is 0 Å². The van der Waals surface area contributed by atoms with Crippen molar-refractivity contribution in [2.45, 2.75) is 38.3 Å². The third-order valence-electron chi connectivity index (χ3n) is 3.62. The monoisotopic (exact) mass is 296 g/mol. The van der Waals surface area contributed by atoms with Crippen molar-refractivity contribution in [3.05, 3.63) is 22.4 Å². The molecule has 0 spiro atoms. The molecule has 0 aromatic carbocycles. The molecule has 1 atom stereocenters. The molecule has 2 rings (SSSR count). The summed E-state index contributed by atoms with van der Waals surface area (Å²) in [4.78, 5) is 26.5. The van der Waals surface area contributed by atoms with Crippen LogP contribution in [-0.4, -0.2) is 46.6 Å².